The highest BCUT2D eigenvalue weighted by atomic mass is 16.6. The van der Waals surface area contributed by atoms with E-state index in [1.807, 2.05) is 27.7 Å². The first-order chi connectivity index (χ1) is 9.63. The third kappa shape index (κ3) is 6.47. The molecule has 2 unspecified atom stereocenters. The molecule has 118 valence electrons. The molecule has 0 spiro atoms. The molecule has 0 bridgehead atoms. The van der Waals surface area contributed by atoms with Crippen molar-refractivity contribution in [1.29, 1.82) is 0 Å². The van der Waals surface area contributed by atoms with Gasteiger partial charge in [-0.2, -0.15) is 0 Å². The van der Waals surface area contributed by atoms with Crippen LogP contribution < -0.4 is 5.32 Å². The fraction of sp³-hybridized carbons (Fsp3) is 0.625. The Morgan fingerprint density at radius 1 is 1.48 bits per heavy atom. The van der Waals surface area contributed by atoms with Crippen LogP contribution in [0.5, 0.6) is 0 Å². The summed E-state index contributed by atoms with van der Waals surface area (Å²) in [6.07, 6.45) is 6.15. The SMILES string of the molecule is C=CCC(C)(CCC1C=CC(=O)O1)NC(=O)OC(C)(C)C. The van der Waals surface area contributed by atoms with Gasteiger partial charge in [0.15, 0.2) is 0 Å². The van der Waals surface area contributed by atoms with Gasteiger partial charge in [-0.1, -0.05) is 6.08 Å². The molecule has 0 aliphatic carbocycles. The van der Waals surface area contributed by atoms with Crippen LogP contribution >= 0.6 is 0 Å². The molecule has 0 aromatic rings. The van der Waals surface area contributed by atoms with Gasteiger partial charge in [0.05, 0.1) is 0 Å². The van der Waals surface area contributed by atoms with Crippen molar-refractivity contribution in [3.8, 4) is 0 Å². The fourth-order valence-corrected chi connectivity index (χ4v) is 2.11. The largest absolute Gasteiger partial charge is 0.455 e. The molecule has 2 atom stereocenters. The van der Waals surface area contributed by atoms with Gasteiger partial charge in [-0.15, -0.1) is 6.58 Å². The average Bonchev–Trinajstić information content (AvgIpc) is 2.70. The van der Waals surface area contributed by atoms with Crippen molar-refractivity contribution in [2.24, 2.45) is 0 Å². The van der Waals surface area contributed by atoms with E-state index in [2.05, 4.69) is 11.9 Å². The van der Waals surface area contributed by atoms with E-state index in [1.165, 1.54) is 6.08 Å². The minimum Gasteiger partial charge on any atom is -0.455 e. The Hall–Kier alpha value is -1.78. The standard InChI is InChI=1S/C16H25NO4/c1-6-10-16(5,17-14(19)21-15(2,3)4)11-9-12-7-8-13(18)20-12/h6-8,12H,1,9-11H2,2-5H3,(H,17,19). The molecule has 1 N–H and O–H groups in total. The molecule has 0 aromatic heterocycles. The summed E-state index contributed by atoms with van der Waals surface area (Å²) in [4.78, 5) is 23.0. The molecule has 21 heavy (non-hydrogen) atoms. The summed E-state index contributed by atoms with van der Waals surface area (Å²) in [6, 6.07) is 0. The second-order valence-corrected chi connectivity index (χ2v) is 6.55. The maximum atomic E-state index is 11.9. The Morgan fingerprint density at radius 2 is 2.14 bits per heavy atom. The van der Waals surface area contributed by atoms with Crippen LogP contribution in [0.4, 0.5) is 4.79 Å². The van der Waals surface area contributed by atoms with Crippen molar-refractivity contribution in [3.63, 3.8) is 0 Å². The fourth-order valence-electron chi connectivity index (χ4n) is 2.11. The maximum absolute atomic E-state index is 11.9. The van der Waals surface area contributed by atoms with E-state index in [0.717, 1.165) is 0 Å². The van der Waals surface area contributed by atoms with Crippen LogP contribution in [0.15, 0.2) is 24.8 Å². The zero-order chi connectivity index (χ0) is 16.1. The van der Waals surface area contributed by atoms with Crippen molar-refractivity contribution in [3.05, 3.63) is 24.8 Å². The first kappa shape index (κ1) is 17.3. The number of hydrogen-bond donors (Lipinski definition) is 1. The van der Waals surface area contributed by atoms with Crippen molar-refractivity contribution >= 4 is 12.1 Å². The number of esters is 1. The van der Waals surface area contributed by atoms with Gasteiger partial charge >= 0.3 is 12.1 Å². The first-order valence-corrected chi connectivity index (χ1v) is 7.14. The number of amides is 1. The summed E-state index contributed by atoms with van der Waals surface area (Å²) in [5, 5.41) is 2.89. The van der Waals surface area contributed by atoms with Gasteiger partial charge in [0.25, 0.3) is 0 Å². The molecular formula is C16H25NO4. The molecule has 1 aliphatic heterocycles. The first-order valence-electron chi connectivity index (χ1n) is 7.14. The lowest BCUT2D eigenvalue weighted by Gasteiger charge is -2.32. The number of ether oxygens (including phenoxy) is 2. The summed E-state index contributed by atoms with van der Waals surface area (Å²) >= 11 is 0. The molecule has 0 aromatic carbocycles. The van der Waals surface area contributed by atoms with Crippen LogP contribution in [-0.2, 0) is 14.3 Å². The second-order valence-electron chi connectivity index (χ2n) is 6.55. The number of alkyl carbamates (subject to hydrolysis) is 1. The van der Waals surface area contributed by atoms with E-state index >= 15 is 0 Å². The van der Waals surface area contributed by atoms with Crippen molar-refractivity contribution in [2.45, 2.75) is 64.2 Å². The normalized spacial score (nSPS) is 20.6. The van der Waals surface area contributed by atoms with Gasteiger partial charge in [0.2, 0.25) is 0 Å². The summed E-state index contributed by atoms with van der Waals surface area (Å²) in [6.45, 7) is 11.1. The monoisotopic (exact) mass is 295 g/mol. The van der Waals surface area contributed by atoms with Crippen LogP contribution in [0.25, 0.3) is 0 Å². The molecule has 1 aliphatic rings. The number of carbonyl (C=O) groups is 2. The molecule has 5 nitrogen and oxygen atoms in total. The molecular weight excluding hydrogens is 270 g/mol. The van der Waals surface area contributed by atoms with E-state index < -0.39 is 17.2 Å². The van der Waals surface area contributed by atoms with Crippen molar-refractivity contribution < 1.29 is 19.1 Å². The summed E-state index contributed by atoms with van der Waals surface area (Å²) in [7, 11) is 0. The maximum Gasteiger partial charge on any atom is 0.408 e. The van der Waals surface area contributed by atoms with Crippen LogP contribution in [0, 0.1) is 0 Å². The van der Waals surface area contributed by atoms with E-state index in [0.29, 0.717) is 19.3 Å². The highest BCUT2D eigenvalue weighted by molar-refractivity contribution is 5.84. The molecule has 0 saturated heterocycles. The number of nitrogens with one attached hydrogen (secondary N) is 1. The smallest absolute Gasteiger partial charge is 0.408 e. The van der Waals surface area contributed by atoms with Crippen LogP contribution in [0.1, 0.15) is 47.0 Å². The lowest BCUT2D eigenvalue weighted by Crippen LogP contribution is -2.48. The average molecular weight is 295 g/mol. The van der Waals surface area contributed by atoms with Crippen molar-refractivity contribution in [1.82, 2.24) is 5.32 Å². The second kappa shape index (κ2) is 6.78. The van der Waals surface area contributed by atoms with E-state index in [4.69, 9.17) is 9.47 Å². The summed E-state index contributed by atoms with van der Waals surface area (Å²) in [5.41, 5.74) is -1.02. The molecule has 0 fully saturated rings. The van der Waals surface area contributed by atoms with Gasteiger partial charge in [0.1, 0.15) is 11.7 Å². The van der Waals surface area contributed by atoms with Crippen LogP contribution in [0.2, 0.25) is 0 Å². The highest BCUT2D eigenvalue weighted by Crippen LogP contribution is 2.22. The van der Waals surface area contributed by atoms with E-state index in [-0.39, 0.29) is 12.1 Å². The lowest BCUT2D eigenvalue weighted by molar-refractivity contribution is -0.138. The Labute approximate surface area is 126 Å². The van der Waals surface area contributed by atoms with Crippen LogP contribution in [-0.4, -0.2) is 29.3 Å². The summed E-state index contributed by atoms with van der Waals surface area (Å²) in [5.74, 6) is -0.314. The number of hydrogen-bond acceptors (Lipinski definition) is 4. The minimum atomic E-state index is -0.539. The molecule has 1 heterocycles. The third-order valence-electron chi connectivity index (χ3n) is 3.09. The highest BCUT2D eigenvalue weighted by Gasteiger charge is 2.29. The van der Waals surface area contributed by atoms with Gasteiger partial charge in [-0.25, -0.2) is 9.59 Å². The zero-order valence-electron chi connectivity index (χ0n) is 13.3. The van der Waals surface area contributed by atoms with Gasteiger partial charge in [-0.05, 0) is 53.0 Å². The van der Waals surface area contributed by atoms with Gasteiger partial charge < -0.3 is 14.8 Å². The predicted octanol–water partition coefficient (Wildman–Crippen LogP) is 3.11. The molecule has 0 saturated carbocycles. The minimum absolute atomic E-state index is 0.220. The third-order valence-corrected chi connectivity index (χ3v) is 3.09. The predicted molar refractivity (Wildman–Crippen MR) is 80.8 cm³/mol. The Bertz CT molecular complexity index is 436. The molecule has 0 radical (unpaired) electrons. The number of carbonyl (C=O) groups excluding carboxylic acids is 2. The van der Waals surface area contributed by atoms with Crippen LogP contribution in [0.3, 0.4) is 0 Å². The topological polar surface area (TPSA) is 64.6 Å². The van der Waals surface area contributed by atoms with Crippen molar-refractivity contribution in [2.75, 3.05) is 0 Å². The lowest BCUT2D eigenvalue weighted by atomic mass is 9.90. The Kier molecular flexibility index (Phi) is 5.58. The molecule has 1 rings (SSSR count). The van der Waals surface area contributed by atoms with Gasteiger partial charge in [0, 0.05) is 11.6 Å². The number of cyclic esters (lactones) is 1. The zero-order valence-corrected chi connectivity index (χ0v) is 13.3. The Balaban J connectivity index is 2.56. The molecule has 1 amide bonds. The summed E-state index contributed by atoms with van der Waals surface area (Å²) < 4.78 is 10.4. The molecule has 5 heteroatoms. The van der Waals surface area contributed by atoms with E-state index in [1.54, 1.807) is 12.2 Å². The number of rotatable bonds is 6. The van der Waals surface area contributed by atoms with E-state index in [9.17, 15) is 9.59 Å². The quantitative estimate of drug-likeness (QED) is 0.604. The Morgan fingerprint density at radius 3 is 2.62 bits per heavy atom. The van der Waals surface area contributed by atoms with Gasteiger partial charge in [-0.3, -0.25) is 0 Å².